The topological polar surface area (TPSA) is 26.3 Å². The molecule has 0 aliphatic heterocycles. The average Bonchev–Trinajstić information content (AvgIpc) is 2.94. The van der Waals surface area contributed by atoms with Crippen LogP contribution >= 0.6 is 11.3 Å². The first kappa shape index (κ1) is 11.4. The summed E-state index contributed by atoms with van der Waals surface area (Å²) in [6, 6.07) is 4.11. The van der Waals surface area contributed by atoms with Gasteiger partial charge in [-0.2, -0.15) is 0 Å². The molecular weight excluding hydrogens is 220 g/mol. The van der Waals surface area contributed by atoms with E-state index in [0.29, 0.717) is 12.5 Å². The third kappa shape index (κ3) is 2.35. The molecule has 1 aromatic heterocycles. The van der Waals surface area contributed by atoms with Crippen LogP contribution in [0.15, 0.2) is 23.1 Å². The molecule has 1 saturated carbocycles. The highest BCUT2D eigenvalue weighted by Crippen LogP contribution is 2.45. The van der Waals surface area contributed by atoms with Gasteiger partial charge in [0.1, 0.15) is 0 Å². The molecule has 1 aliphatic carbocycles. The summed E-state index contributed by atoms with van der Waals surface area (Å²) < 4.78 is 5.07. The van der Waals surface area contributed by atoms with E-state index in [1.807, 2.05) is 19.9 Å². The number of esters is 1. The zero-order chi connectivity index (χ0) is 11.5. The maximum absolute atomic E-state index is 11.7. The van der Waals surface area contributed by atoms with Gasteiger partial charge in [0.2, 0.25) is 0 Å². The molecule has 1 heterocycles. The smallest absolute Gasteiger partial charge is 0.334 e. The molecule has 0 unspecified atom stereocenters. The highest BCUT2D eigenvalue weighted by molar-refractivity contribution is 7.11. The Morgan fingerprint density at radius 2 is 2.31 bits per heavy atom. The van der Waals surface area contributed by atoms with Gasteiger partial charge in [-0.05, 0) is 49.6 Å². The maximum atomic E-state index is 11.7. The number of carbonyl (C=O) groups excluding carboxylic acids is 1. The Bertz CT molecular complexity index is 400. The monoisotopic (exact) mass is 236 g/mol. The van der Waals surface area contributed by atoms with Crippen LogP contribution in [0.3, 0.4) is 0 Å². The lowest BCUT2D eigenvalue weighted by atomic mass is 10.0. The van der Waals surface area contributed by atoms with Gasteiger partial charge in [0.25, 0.3) is 0 Å². The van der Waals surface area contributed by atoms with Gasteiger partial charge in [-0.1, -0.05) is 6.07 Å². The second-order valence-electron chi connectivity index (χ2n) is 4.01. The van der Waals surface area contributed by atoms with Crippen molar-refractivity contribution in [2.24, 2.45) is 5.92 Å². The molecule has 1 aromatic rings. The molecule has 2 rings (SSSR count). The van der Waals surface area contributed by atoms with Crippen LogP contribution in [-0.4, -0.2) is 12.6 Å². The lowest BCUT2D eigenvalue weighted by Crippen LogP contribution is -2.07. The highest BCUT2D eigenvalue weighted by atomic mass is 32.1. The van der Waals surface area contributed by atoms with Crippen LogP contribution in [0.5, 0.6) is 0 Å². The Labute approximate surface area is 99.9 Å². The van der Waals surface area contributed by atoms with Gasteiger partial charge in [-0.3, -0.25) is 0 Å². The van der Waals surface area contributed by atoms with Crippen molar-refractivity contribution in [1.29, 1.82) is 0 Å². The third-order valence-corrected chi connectivity index (χ3v) is 3.66. The van der Waals surface area contributed by atoms with Crippen molar-refractivity contribution in [3.05, 3.63) is 28.0 Å². The molecule has 1 fully saturated rings. The van der Waals surface area contributed by atoms with Gasteiger partial charge in [0.15, 0.2) is 0 Å². The van der Waals surface area contributed by atoms with E-state index >= 15 is 0 Å². The number of ether oxygens (including phenoxy) is 1. The van der Waals surface area contributed by atoms with Crippen LogP contribution in [0.25, 0.3) is 5.57 Å². The van der Waals surface area contributed by atoms with Gasteiger partial charge in [-0.15, -0.1) is 11.3 Å². The summed E-state index contributed by atoms with van der Waals surface area (Å²) in [5.74, 6) is 0.404. The fourth-order valence-corrected chi connectivity index (χ4v) is 2.75. The quantitative estimate of drug-likeness (QED) is 0.591. The lowest BCUT2D eigenvalue weighted by molar-refractivity contribution is -0.138. The Hall–Kier alpha value is -1.09. The summed E-state index contributed by atoms with van der Waals surface area (Å²) in [4.78, 5) is 13.0. The standard InChI is InChI=1S/C13H16O2S/c1-3-15-13(14)9(2)12(10-6-7-10)11-5-4-8-16-11/h4-5,8,10H,3,6-7H2,1-2H3/b12-9-. The van der Waals surface area contributed by atoms with Gasteiger partial charge in [0, 0.05) is 10.5 Å². The van der Waals surface area contributed by atoms with Gasteiger partial charge < -0.3 is 4.74 Å². The Morgan fingerprint density at radius 1 is 1.56 bits per heavy atom. The minimum absolute atomic E-state index is 0.169. The second kappa shape index (κ2) is 4.83. The van der Waals surface area contributed by atoms with Gasteiger partial charge in [-0.25, -0.2) is 4.79 Å². The lowest BCUT2D eigenvalue weighted by Gasteiger charge is -2.09. The Balaban J connectivity index is 2.30. The minimum atomic E-state index is -0.169. The SMILES string of the molecule is CCOC(=O)/C(C)=C(\c1cccs1)C1CC1. The first-order chi connectivity index (χ1) is 7.74. The van der Waals surface area contributed by atoms with Crippen molar-refractivity contribution in [3.63, 3.8) is 0 Å². The molecule has 86 valence electrons. The largest absolute Gasteiger partial charge is 0.463 e. The third-order valence-electron chi connectivity index (χ3n) is 2.76. The highest BCUT2D eigenvalue weighted by Gasteiger charge is 2.30. The fraction of sp³-hybridized carbons (Fsp3) is 0.462. The number of carbonyl (C=O) groups is 1. The molecular formula is C13H16O2S. The van der Waals surface area contributed by atoms with Crippen LogP contribution in [-0.2, 0) is 9.53 Å². The molecule has 0 atom stereocenters. The van der Waals surface area contributed by atoms with E-state index in [4.69, 9.17) is 4.74 Å². The van der Waals surface area contributed by atoms with E-state index in [-0.39, 0.29) is 5.97 Å². The predicted molar refractivity (Wildman–Crippen MR) is 66.3 cm³/mol. The van der Waals surface area contributed by atoms with Crippen molar-refractivity contribution in [3.8, 4) is 0 Å². The molecule has 0 N–H and O–H groups in total. The van der Waals surface area contributed by atoms with E-state index in [1.165, 1.54) is 23.3 Å². The molecule has 0 bridgehead atoms. The average molecular weight is 236 g/mol. The molecule has 0 spiro atoms. The first-order valence-corrected chi connectivity index (χ1v) is 6.53. The van der Waals surface area contributed by atoms with Gasteiger partial charge >= 0.3 is 5.97 Å². The van der Waals surface area contributed by atoms with Crippen LogP contribution in [0.2, 0.25) is 0 Å². The van der Waals surface area contributed by atoms with Crippen molar-refractivity contribution in [1.82, 2.24) is 0 Å². The molecule has 0 saturated heterocycles. The summed E-state index contributed by atoms with van der Waals surface area (Å²) in [5.41, 5.74) is 1.99. The number of thiophene rings is 1. The molecule has 0 amide bonds. The summed E-state index contributed by atoms with van der Waals surface area (Å²) in [5, 5.41) is 2.05. The normalized spacial score (nSPS) is 16.9. The zero-order valence-corrected chi connectivity index (χ0v) is 10.5. The van der Waals surface area contributed by atoms with Crippen LogP contribution in [0, 0.1) is 5.92 Å². The van der Waals surface area contributed by atoms with Gasteiger partial charge in [0.05, 0.1) is 6.61 Å². The molecule has 0 radical (unpaired) electrons. The number of hydrogen-bond acceptors (Lipinski definition) is 3. The fourth-order valence-electron chi connectivity index (χ4n) is 1.85. The van der Waals surface area contributed by atoms with Crippen molar-refractivity contribution in [2.75, 3.05) is 6.61 Å². The van der Waals surface area contributed by atoms with Crippen molar-refractivity contribution < 1.29 is 9.53 Å². The summed E-state index contributed by atoms with van der Waals surface area (Å²) >= 11 is 1.70. The minimum Gasteiger partial charge on any atom is -0.463 e. The maximum Gasteiger partial charge on any atom is 0.334 e. The number of allylic oxidation sites excluding steroid dienone is 1. The van der Waals surface area contributed by atoms with Crippen LogP contribution in [0.1, 0.15) is 31.6 Å². The Kier molecular flexibility index (Phi) is 3.44. The summed E-state index contributed by atoms with van der Waals surface area (Å²) in [6.07, 6.45) is 2.40. The number of hydrogen-bond donors (Lipinski definition) is 0. The van der Waals surface area contributed by atoms with Crippen LogP contribution in [0.4, 0.5) is 0 Å². The van der Waals surface area contributed by atoms with E-state index in [1.54, 1.807) is 11.3 Å². The first-order valence-electron chi connectivity index (χ1n) is 5.65. The molecule has 3 heteroatoms. The summed E-state index contributed by atoms with van der Waals surface area (Å²) in [7, 11) is 0. The number of rotatable bonds is 4. The van der Waals surface area contributed by atoms with E-state index < -0.39 is 0 Å². The summed E-state index contributed by atoms with van der Waals surface area (Å²) in [6.45, 7) is 4.16. The van der Waals surface area contributed by atoms with Crippen LogP contribution < -0.4 is 0 Å². The predicted octanol–water partition coefficient (Wildman–Crippen LogP) is 3.49. The molecule has 1 aliphatic rings. The Morgan fingerprint density at radius 3 is 2.81 bits per heavy atom. The van der Waals surface area contributed by atoms with E-state index in [2.05, 4.69) is 11.4 Å². The second-order valence-corrected chi connectivity index (χ2v) is 4.96. The van der Waals surface area contributed by atoms with Crippen molar-refractivity contribution >= 4 is 22.9 Å². The molecule has 0 aromatic carbocycles. The molecule has 16 heavy (non-hydrogen) atoms. The molecule has 2 nitrogen and oxygen atoms in total. The zero-order valence-electron chi connectivity index (χ0n) is 9.66. The van der Waals surface area contributed by atoms with Crippen molar-refractivity contribution in [2.45, 2.75) is 26.7 Å². The van der Waals surface area contributed by atoms with E-state index in [9.17, 15) is 4.79 Å². The van der Waals surface area contributed by atoms with E-state index in [0.717, 1.165) is 5.57 Å².